The SMILES string of the molecule is CCNC(=O)C(C)N(Cc1ccccc1C)C(=O)CCCN(c1cc(Cl)ccc1C)S(C)(=O)=O. The Morgan fingerprint density at radius 3 is 2.38 bits per heavy atom. The molecule has 9 heteroatoms. The van der Waals surface area contributed by atoms with E-state index >= 15 is 0 Å². The third-order valence-electron chi connectivity index (χ3n) is 5.71. The van der Waals surface area contributed by atoms with Crippen molar-refractivity contribution in [3.8, 4) is 0 Å². The van der Waals surface area contributed by atoms with Gasteiger partial charge in [0.1, 0.15) is 6.04 Å². The zero-order chi connectivity index (χ0) is 25.5. The van der Waals surface area contributed by atoms with Gasteiger partial charge in [-0.25, -0.2) is 8.42 Å². The van der Waals surface area contributed by atoms with E-state index in [9.17, 15) is 18.0 Å². The summed E-state index contributed by atoms with van der Waals surface area (Å²) in [5.41, 5.74) is 3.25. The maximum Gasteiger partial charge on any atom is 0.242 e. The summed E-state index contributed by atoms with van der Waals surface area (Å²) < 4.78 is 26.3. The molecule has 186 valence electrons. The summed E-state index contributed by atoms with van der Waals surface area (Å²) in [6.07, 6.45) is 1.53. The molecule has 0 saturated heterocycles. The van der Waals surface area contributed by atoms with Crippen LogP contribution in [0.4, 0.5) is 5.69 Å². The van der Waals surface area contributed by atoms with Crippen molar-refractivity contribution in [2.24, 2.45) is 0 Å². The van der Waals surface area contributed by atoms with Crippen molar-refractivity contribution in [3.63, 3.8) is 0 Å². The second kappa shape index (κ2) is 12.2. The van der Waals surface area contributed by atoms with E-state index in [0.29, 0.717) is 30.2 Å². The minimum Gasteiger partial charge on any atom is -0.355 e. The van der Waals surface area contributed by atoms with Crippen LogP contribution in [0.25, 0.3) is 0 Å². The number of anilines is 1. The number of likely N-dealkylation sites (N-methyl/N-ethyl adjacent to an activating group) is 1. The molecule has 2 aromatic rings. The molecule has 0 saturated carbocycles. The average molecular weight is 508 g/mol. The normalized spacial score (nSPS) is 12.2. The molecule has 1 atom stereocenters. The van der Waals surface area contributed by atoms with Crippen LogP contribution >= 0.6 is 11.6 Å². The number of nitrogens with zero attached hydrogens (tertiary/aromatic N) is 2. The van der Waals surface area contributed by atoms with Crippen LogP contribution in [0.1, 0.15) is 43.4 Å². The van der Waals surface area contributed by atoms with Crippen molar-refractivity contribution in [2.45, 2.75) is 53.1 Å². The van der Waals surface area contributed by atoms with Gasteiger partial charge in [0.25, 0.3) is 0 Å². The van der Waals surface area contributed by atoms with E-state index < -0.39 is 16.1 Å². The lowest BCUT2D eigenvalue weighted by Crippen LogP contribution is -2.47. The van der Waals surface area contributed by atoms with Gasteiger partial charge in [0, 0.05) is 31.1 Å². The van der Waals surface area contributed by atoms with E-state index in [4.69, 9.17) is 11.6 Å². The fourth-order valence-corrected chi connectivity index (χ4v) is 4.89. The van der Waals surface area contributed by atoms with Crippen LogP contribution < -0.4 is 9.62 Å². The third kappa shape index (κ3) is 7.46. The van der Waals surface area contributed by atoms with Gasteiger partial charge in [0.05, 0.1) is 11.9 Å². The highest BCUT2D eigenvalue weighted by Gasteiger charge is 2.27. The fraction of sp³-hybridized carbons (Fsp3) is 0.440. The molecule has 1 N–H and O–H groups in total. The van der Waals surface area contributed by atoms with E-state index in [1.165, 1.54) is 4.31 Å². The number of amides is 2. The predicted octanol–water partition coefficient (Wildman–Crippen LogP) is 4.06. The van der Waals surface area contributed by atoms with Crippen LogP contribution in [0.15, 0.2) is 42.5 Å². The van der Waals surface area contributed by atoms with Gasteiger partial charge < -0.3 is 10.2 Å². The van der Waals surface area contributed by atoms with Gasteiger partial charge >= 0.3 is 0 Å². The molecule has 0 radical (unpaired) electrons. The molecule has 2 aromatic carbocycles. The van der Waals surface area contributed by atoms with Crippen LogP contribution in [-0.2, 0) is 26.2 Å². The Morgan fingerprint density at radius 1 is 1.09 bits per heavy atom. The van der Waals surface area contributed by atoms with Crippen LogP contribution in [-0.4, -0.2) is 50.5 Å². The quantitative estimate of drug-likeness (QED) is 0.497. The standard InChI is InChI=1S/C25H34ClN3O4S/c1-6-27-25(31)20(4)28(17-21-11-8-7-10-18(21)2)24(30)12-9-15-29(34(5,32)33)23-16-22(26)14-13-19(23)3/h7-8,10-11,13-14,16,20H,6,9,12,15,17H2,1-5H3,(H,27,31). The zero-order valence-corrected chi connectivity index (χ0v) is 22.0. The Bertz CT molecular complexity index is 1120. The van der Waals surface area contributed by atoms with Gasteiger partial charge in [-0.05, 0) is 62.9 Å². The zero-order valence-electron chi connectivity index (χ0n) is 20.5. The molecule has 7 nitrogen and oxygen atoms in total. The molecule has 0 aliphatic rings. The van der Waals surface area contributed by atoms with Gasteiger partial charge in [-0.3, -0.25) is 13.9 Å². The van der Waals surface area contributed by atoms with Crippen LogP contribution in [0, 0.1) is 13.8 Å². The first kappa shape index (κ1) is 27.7. The predicted molar refractivity (Wildman–Crippen MR) is 137 cm³/mol. The molecule has 0 fully saturated rings. The number of nitrogens with one attached hydrogen (secondary N) is 1. The molecule has 0 heterocycles. The van der Waals surface area contributed by atoms with E-state index in [-0.39, 0.29) is 24.8 Å². The maximum absolute atomic E-state index is 13.3. The molecule has 0 aromatic heterocycles. The van der Waals surface area contributed by atoms with Crippen LogP contribution in [0.5, 0.6) is 0 Å². The molecular weight excluding hydrogens is 474 g/mol. The number of hydrogen-bond donors (Lipinski definition) is 1. The van der Waals surface area contributed by atoms with Crippen LogP contribution in [0.3, 0.4) is 0 Å². The fourth-order valence-electron chi connectivity index (χ4n) is 3.71. The average Bonchev–Trinajstić information content (AvgIpc) is 2.76. The number of aryl methyl sites for hydroxylation is 2. The Kier molecular flexibility index (Phi) is 9.94. The number of hydrogen-bond acceptors (Lipinski definition) is 4. The molecule has 34 heavy (non-hydrogen) atoms. The van der Waals surface area contributed by atoms with E-state index in [1.54, 1.807) is 30.0 Å². The van der Waals surface area contributed by atoms with E-state index in [2.05, 4.69) is 5.32 Å². The molecule has 0 aliphatic heterocycles. The lowest BCUT2D eigenvalue weighted by Gasteiger charge is -2.30. The topological polar surface area (TPSA) is 86.8 Å². The Hall–Kier alpha value is -2.58. The molecule has 0 bridgehead atoms. The lowest BCUT2D eigenvalue weighted by molar-refractivity contribution is -0.140. The number of carbonyl (C=O) groups is 2. The van der Waals surface area contributed by atoms with Crippen molar-refractivity contribution in [1.29, 1.82) is 0 Å². The number of rotatable bonds is 11. The number of sulfonamides is 1. The van der Waals surface area contributed by atoms with Gasteiger partial charge in [-0.1, -0.05) is 41.9 Å². The van der Waals surface area contributed by atoms with E-state index in [1.807, 2.05) is 45.0 Å². The molecule has 2 amide bonds. The largest absolute Gasteiger partial charge is 0.355 e. The van der Waals surface area contributed by atoms with Crippen LogP contribution in [0.2, 0.25) is 5.02 Å². The highest BCUT2D eigenvalue weighted by Crippen LogP contribution is 2.27. The summed E-state index contributed by atoms with van der Waals surface area (Å²) in [5.74, 6) is -0.435. The highest BCUT2D eigenvalue weighted by molar-refractivity contribution is 7.92. The molecule has 1 unspecified atom stereocenters. The second-order valence-electron chi connectivity index (χ2n) is 8.39. The van der Waals surface area contributed by atoms with Crippen molar-refractivity contribution < 1.29 is 18.0 Å². The summed E-state index contributed by atoms with van der Waals surface area (Å²) in [6, 6.07) is 12.2. The Labute approximate surface area is 208 Å². The molecule has 0 aliphatic carbocycles. The maximum atomic E-state index is 13.3. The number of halogens is 1. The van der Waals surface area contributed by atoms with Crippen molar-refractivity contribution in [2.75, 3.05) is 23.7 Å². The lowest BCUT2D eigenvalue weighted by atomic mass is 10.1. The molecule has 2 rings (SSSR count). The summed E-state index contributed by atoms with van der Waals surface area (Å²) in [6.45, 7) is 8.21. The van der Waals surface area contributed by atoms with E-state index in [0.717, 1.165) is 22.9 Å². The van der Waals surface area contributed by atoms with Gasteiger partial charge in [0.2, 0.25) is 21.8 Å². The summed E-state index contributed by atoms with van der Waals surface area (Å²) >= 11 is 6.10. The van der Waals surface area contributed by atoms with Crippen molar-refractivity contribution in [3.05, 3.63) is 64.2 Å². The Balaban J connectivity index is 2.20. The first-order chi connectivity index (χ1) is 16.0. The molecular formula is C25H34ClN3O4S. The van der Waals surface area contributed by atoms with Crippen molar-refractivity contribution >= 4 is 39.1 Å². The van der Waals surface area contributed by atoms with Gasteiger partial charge in [-0.15, -0.1) is 0 Å². The Morgan fingerprint density at radius 2 is 1.76 bits per heavy atom. The molecule has 0 spiro atoms. The number of carbonyl (C=O) groups excluding carboxylic acids is 2. The first-order valence-electron chi connectivity index (χ1n) is 11.3. The van der Waals surface area contributed by atoms with Gasteiger partial charge in [0.15, 0.2) is 0 Å². The number of benzene rings is 2. The second-order valence-corrected chi connectivity index (χ2v) is 10.7. The minimum atomic E-state index is -3.58. The smallest absolute Gasteiger partial charge is 0.242 e. The van der Waals surface area contributed by atoms with Crippen molar-refractivity contribution in [1.82, 2.24) is 10.2 Å². The summed E-state index contributed by atoms with van der Waals surface area (Å²) in [7, 11) is -3.58. The van der Waals surface area contributed by atoms with Gasteiger partial charge in [-0.2, -0.15) is 0 Å². The summed E-state index contributed by atoms with van der Waals surface area (Å²) in [4.78, 5) is 27.3. The summed E-state index contributed by atoms with van der Waals surface area (Å²) in [5, 5.41) is 3.21. The third-order valence-corrected chi connectivity index (χ3v) is 7.13. The monoisotopic (exact) mass is 507 g/mol. The minimum absolute atomic E-state index is 0.0985. The highest BCUT2D eigenvalue weighted by atomic mass is 35.5. The first-order valence-corrected chi connectivity index (χ1v) is 13.5.